The second-order valence-electron chi connectivity index (χ2n) is 6.39. The number of rotatable bonds is 5. The molecule has 0 spiro atoms. The maximum atomic E-state index is 12.6. The zero-order valence-electron chi connectivity index (χ0n) is 12.4. The minimum atomic E-state index is 0.335. The van der Waals surface area contributed by atoms with E-state index in [1.165, 1.54) is 12.8 Å². The third-order valence-electron chi connectivity index (χ3n) is 4.58. The lowest BCUT2D eigenvalue weighted by atomic mass is 10.1. The van der Waals surface area contributed by atoms with Crippen LogP contribution < -0.4 is 5.32 Å². The molecule has 5 nitrogen and oxygen atoms in total. The molecule has 3 aliphatic rings. The van der Waals surface area contributed by atoms with Crippen molar-refractivity contribution in [3.8, 4) is 0 Å². The summed E-state index contributed by atoms with van der Waals surface area (Å²) in [6.07, 6.45) is 4.65. The lowest BCUT2D eigenvalue weighted by molar-refractivity contribution is -0.133. The van der Waals surface area contributed by atoms with Crippen molar-refractivity contribution in [1.29, 1.82) is 0 Å². The maximum Gasteiger partial charge on any atom is 0.237 e. The Morgan fingerprint density at radius 2 is 2.15 bits per heavy atom. The Hall–Kier alpha value is -0.650. The molecule has 1 N–H and O–H groups in total. The molecule has 1 unspecified atom stereocenters. The first-order chi connectivity index (χ1) is 9.83. The summed E-state index contributed by atoms with van der Waals surface area (Å²) in [5, 5.41) is 3.39. The minimum Gasteiger partial charge on any atom is -0.381 e. The van der Waals surface area contributed by atoms with Crippen LogP contribution in [0.3, 0.4) is 0 Å². The van der Waals surface area contributed by atoms with Crippen molar-refractivity contribution >= 4 is 5.91 Å². The first-order valence-corrected chi connectivity index (χ1v) is 8.13. The molecular weight excluding hydrogens is 254 g/mol. The molecule has 1 aliphatic carbocycles. The van der Waals surface area contributed by atoms with Crippen LogP contribution in [-0.4, -0.2) is 74.2 Å². The highest BCUT2D eigenvalue weighted by molar-refractivity contribution is 5.79. The fraction of sp³-hybridized carbons (Fsp3) is 0.933. The van der Waals surface area contributed by atoms with Crippen LogP contribution in [0.5, 0.6) is 0 Å². The van der Waals surface area contributed by atoms with E-state index >= 15 is 0 Å². The largest absolute Gasteiger partial charge is 0.381 e. The smallest absolute Gasteiger partial charge is 0.237 e. The summed E-state index contributed by atoms with van der Waals surface area (Å²) >= 11 is 0. The summed E-state index contributed by atoms with van der Waals surface area (Å²) in [6, 6.07) is 0.521. The molecule has 0 bridgehead atoms. The van der Waals surface area contributed by atoms with Gasteiger partial charge in [-0.1, -0.05) is 0 Å². The van der Waals surface area contributed by atoms with Crippen molar-refractivity contribution in [3.63, 3.8) is 0 Å². The monoisotopic (exact) mass is 281 g/mol. The van der Waals surface area contributed by atoms with Gasteiger partial charge in [0.2, 0.25) is 5.91 Å². The quantitative estimate of drug-likeness (QED) is 0.788. The molecule has 1 saturated carbocycles. The van der Waals surface area contributed by atoms with E-state index in [1.54, 1.807) is 0 Å². The highest BCUT2D eigenvalue weighted by Gasteiger charge is 2.35. The van der Waals surface area contributed by atoms with Gasteiger partial charge in [0.1, 0.15) is 0 Å². The normalized spacial score (nSPS) is 28.3. The molecule has 0 aromatic rings. The standard InChI is InChI=1S/C15H27N3O2/c19-15(11-17-7-1-5-16-6-8-17)18(14-2-3-14)10-13-4-9-20-12-13/h13-14,16H,1-12H2. The van der Waals surface area contributed by atoms with E-state index < -0.39 is 0 Å². The number of nitrogens with one attached hydrogen (secondary N) is 1. The highest BCUT2D eigenvalue weighted by Crippen LogP contribution is 2.29. The second kappa shape index (κ2) is 6.87. The van der Waals surface area contributed by atoms with Crippen LogP contribution >= 0.6 is 0 Å². The Labute approximate surface area is 121 Å². The van der Waals surface area contributed by atoms with Gasteiger partial charge in [0.05, 0.1) is 13.2 Å². The van der Waals surface area contributed by atoms with Crippen molar-refractivity contribution < 1.29 is 9.53 Å². The van der Waals surface area contributed by atoms with Gasteiger partial charge in [-0.25, -0.2) is 0 Å². The van der Waals surface area contributed by atoms with Crippen molar-refractivity contribution in [3.05, 3.63) is 0 Å². The van der Waals surface area contributed by atoms with Gasteiger partial charge in [-0.2, -0.15) is 0 Å². The summed E-state index contributed by atoms with van der Waals surface area (Å²) in [7, 11) is 0. The Morgan fingerprint density at radius 3 is 2.90 bits per heavy atom. The Balaban J connectivity index is 1.51. The first-order valence-electron chi connectivity index (χ1n) is 8.13. The molecular formula is C15H27N3O2. The van der Waals surface area contributed by atoms with Crippen LogP contribution in [0.4, 0.5) is 0 Å². The average molecular weight is 281 g/mol. The molecule has 20 heavy (non-hydrogen) atoms. The van der Waals surface area contributed by atoms with Crippen molar-refractivity contribution in [2.24, 2.45) is 5.92 Å². The van der Waals surface area contributed by atoms with Crippen LogP contribution in [0.15, 0.2) is 0 Å². The van der Waals surface area contributed by atoms with Gasteiger partial charge in [0.25, 0.3) is 0 Å². The van der Waals surface area contributed by atoms with Gasteiger partial charge >= 0.3 is 0 Å². The van der Waals surface area contributed by atoms with Crippen LogP contribution in [0.25, 0.3) is 0 Å². The Bertz CT molecular complexity index is 319. The van der Waals surface area contributed by atoms with Crippen LogP contribution in [0.2, 0.25) is 0 Å². The van der Waals surface area contributed by atoms with E-state index in [1.807, 2.05) is 0 Å². The van der Waals surface area contributed by atoms with Crippen LogP contribution in [0.1, 0.15) is 25.7 Å². The van der Waals surface area contributed by atoms with Gasteiger partial charge in [-0.15, -0.1) is 0 Å². The second-order valence-corrected chi connectivity index (χ2v) is 6.39. The van der Waals surface area contributed by atoms with Crippen molar-refractivity contribution in [1.82, 2.24) is 15.1 Å². The van der Waals surface area contributed by atoms with Gasteiger partial charge in [0, 0.05) is 38.2 Å². The summed E-state index contributed by atoms with van der Waals surface area (Å²) < 4.78 is 5.45. The predicted molar refractivity (Wildman–Crippen MR) is 77.6 cm³/mol. The number of nitrogens with zero attached hydrogens (tertiary/aromatic N) is 2. The van der Waals surface area contributed by atoms with Gasteiger partial charge in [0.15, 0.2) is 0 Å². The fourth-order valence-corrected chi connectivity index (χ4v) is 3.19. The molecule has 114 valence electrons. The van der Waals surface area contributed by atoms with Crippen molar-refractivity contribution in [2.45, 2.75) is 31.7 Å². The Kier molecular flexibility index (Phi) is 4.91. The topological polar surface area (TPSA) is 44.8 Å². The van der Waals surface area contributed by atoms with Crippen molar-refractivity contribution in [2.75, 3.05) is 52.5 Å². The molecule has 0 radical (unpaired) electrons. The summed E-state index contributed by atoms with van der Waals surface area (Å²) in [4.78, 5) is 17.1. The summed E-state index contributed by atoms with van der Waals surface area (Å²) in [6.45, 7) is 7.35. The SMILES string of the molecule is O=C(CN1CCCNCC1)N(CC1CCOC1)C1CC1. The molecule has 1 amide bonds. The van der Waals surface area contributed by atoms with E-state index in [0.29, 0.717) is 24.4 Å². The lowest BCUT2D eigenvalue weighted by Crippen LogP contribution is -2.44. The highest BCUT2D eigenvalue weighted by atomic mass is 16.5. The molecule has 1 atom stereocenters. The molecule has 0 aromatic carbocycles. The fourth-order valence-electron chi connectivity index (χ4n) is 3.19. The number of hydrogen-bond acceptors (Lipinski definition) is 4. The van der Waals surface area contributed by atoms with Crippen LogP contribution in [-0.2, 0) is 9.53 Å². The molecule has 2 saturated heterocycles. The lowest BCUT2D eigenvalue weighted by Gasteiger charge is -2.28. The number of amides is 1. The van der Waals surface area contributed by atoms with Crippen LogP contribution in [0, 0.1) is 5.92 Å². The zero-order valence-corrected chi connectivity index (χ0v) is 12.4. The summed E-state index contributed by atoms with van der Waals surface area (Å²) in [5.41, 5.74) is 0. The summed E-state index contributed by atoms with van der Waals surface area (Å²) in [5.74, 6) is 0.895. The number of carbonyl (C=O) groups is 1. The van der Waals surface area contributed by atoms with Gasteiger partial charge in [-0.05, 0) is 38.8 Å². The number of ether oxygens (including phenoxy) is 1. The molecule has 2 heterocycles. The number of carbonyl (C=O) groups excluding carboxylic acids is 1. The average Bonchev–Trinajstić information content (AvgIpc) is 3.21. The molecule has 5 heteroatoms. The first kappa shape index (κ1) is 14.3. The molecule has 3 rings (SSSR count). The minimum absolute atomic E-state index is 0.335. The van der Waals surface area contributed by atoms with Gasteiger partial charge < -0.3 is 15.0 Å². The zero-order chi connectivity index (χ0) is 13.8. The third kappa shape index (κ3) is 3.93. The Morgan fingerprint density at radius 1 is 1.25 bits per heavy atom. The van der Waals surface area contributed by atoms with E-state index in [9.17, 15) is 4.79 Å². The predicted octanol–water partition coefficient (Wildman–Crippen LogP) is 0.309. The molecule has 3 fully saturated rings. The molecule has 0 aromatic heterocycles. The third-order valence-corrected chi connectivity index (χ3v) is 4.58. The maximum absolute atomic E-state index is 12.6. The van der Waals surface area contributed by atoms with E-state index in [4.69, 9.17) is 4.74 Å². The van der Waals surface area contributed by atoms with E-state index in [-0.39, 0.29) is 0 Å². The van der Waals surface area contributed by atoms with Gasteiger partial charge in [-0.3, -0.25) is 9.69 Å². The van der Waals surface area contributed by atoms with E-state index in [2.05, 4.69) is 15.1 Å². The molecule has 2 aliphatic heterocycles. The number of hydrogen-bond donors (Lipinski definition) is 1. The van der Waals surface area contributed by atoms with E-state index in [0.717, 1.165) is 58.8 Å².